The van der Waals surface area contributed by atoms with Gasteiger partial charge in [0.25, 0.3) is 0 Å². The molecule has 0 unspecified atom stereocenters. The number of hydrogen-bond acceptors (Lipinski definition) is 5. The second kappa shape index (κ2) is 4.62. The van der Waals surface area contributed by atoms with Crippen molar-refractivity contribution in [1.82, 2.24) is 9.97 Å². The Bertz CT molecular complexity index is 664. The van der Waals surface area contributed by atoms with Crippen molar-refractivity contribution in [1.29, 1.82) is 0 Å². The molecule has 3 rings (SSSR count). The number of aromatic nitrogens is 2. The van der Waals surface area contributed by atoms with Gasteiger partial charge in [-0.05, 0) is 29.6 Å². The van der Waals surface area contributed by atoms with Gasteiger partial charge in [0.05, 0.1) is 12.1 Å². The SMILES string of the molecule is Nc1ccc2ncnc(NCc3cccs3)c2c1. The molecule has 1 aromatic carbocycles. The minimum atomic E-state index is 0.719. The van der Waals surface area contributed by atoms with Crippen LogP contribution in [0.1, 0.15) is 4.88 Å². The van der Waals surface area contributed by atoms with Crippen LogP contribution in [0, 0.1) is 0 Å². The molecule has 0 bridgehead atoms. The van der Waals surface area contributed by atoms with Crippen LogP contribution in [0.2, 0.25) is 0 Å². The lowest BCUT2D eigenvalue weighted by Crippen LogP contribution is -2.01. The monoisotopic (exact) mass is 256 g/mol. The second-order valence-electron chi connectivity index (χ2n) is 3.93. The number of fused-ring (bicyclic) bond motifs is 1. The highest BCUT2D eigenvalue weighted by atomic mass is 32.1. The molecule has 0 aliphatic carbocycles. The van der Waals surface area contributed by atoms with E-state index in [9.17, 15) is 0 Å². The Balaban J connectivity index is 1.93. The van der Waals surface area contributed by atoms with Gasteiger partial charge in [0, 0.05) is 16.0 Å². The van der Waals surface area contributed by atoms with Crippen LogP contribution in [0.4, 0.5) is 11.5 Å². The molecule has 18 heavy (non-hydrogen) atoms. The third-order valence-electron chi connectivity index (χ3n) is 2.67. The fourth-order valence-corrected chi connectivity index (χ4v) is 2.44. The molecular formula is C13H12N4S. The number of nitrogens with two attached hydrogens (primary N) is 1. The van der Waals surface area contributed by atoms with E-state index in [4.69, 9.17) is 5.73 Å². The van der Waals surface area contributed by atoms with Gasteiger partial charge in [-0.15, -0.1) is 11.3 Å². The number of rotatable bonds is 3. The highest BCUT2D eigenvalue weighted by molar-refractivity contribution is 7.09. The van der Waals surface area contributed by atoms with Crippen LogP contribution in [0.5, 0.6) is 0 Å². The number of anilines is 2. The van der Waals surface area contributed by atoms with E-state index in [1.54, 1.807) is 17.7 Å². The Morgan fingerprint density at radius 3 is 3.00 bits per heavy atom. The number of thiophene rings is 1. The molecule has 3 aromatic rings. The summed E-state index contributed by atoms with van der Waals surface area (Å²) in [6.45, 7) is 0.762. The van der Waals surface area contributed by atoms with Crippen LogP contribution in [0.15, 0.2) is 42.0 Å². The maximum Gasteiger partial charge on any atom is 0.137 e. The Morgan fingerprint density at radius 1 is 1.22 bits per heavy atom. The summed E-state index contributed by atoms with van der Waals surface area (Å²) in [7, 11) is 0. The van der Waals surface area contributed by atoms with Crippen molar-refractivity contribution in [2.45, 2.75) is 6.54 Å². The summed E-state index contributed by atoms with van der Waals surface area (Å²) in [4.78, 5) is 9.77. The maximum atomic E-state index is 5.80. The predicted octanol–water partition coefficient (Wildman–Crippen LogP) is 2.89. The first kappa shape index (κ1) is 11.0. The largest absolute Gasteiger partial charge is 0.399 e. The zero-order valence-electron chi connectivity index (χ0n) is 9.63. The van der Waals surface area contributed by atoms with Crippen molar-refractivity contribution in [3.8, 4) is 0 Å². The maximum absolute atomic E-state index is 5.80. The molecule has 0 saturated heterocycles. The molecule has 90 valence electrons. The highest BCUT2D eigenvalue weighted by Gasteiger charge is 2.04. The van der Waals surface area contributed by atoms with Crippen LogP contribution in [-0.2, 0) is 6.54 Å². The minimum absolute atomic E-state index is 0.719. The molecule has 2 heterocycles. The molecular weight excluding hydrogens is 244 g/mol. The number of benzene rings is 1. The Hall–Kier alpha value is -2.14. The molecule has 0 aliphatic rings. The van der Waals surface area contributed by atoms with Gasteiger partial charge in [-0.25, -0.2) is 9.97 Å². The van der Waals surface area contributed by atoms with Crippen molar-refractivity contribution < 1.29 is 0 Å². The fourth-order valence-electron chi connectivity index (χ4n) is 1.80. The van der Waals surface area contributed by atoms with E-state index in [2.05, 4.69) is 26.7 Å². The second-order valence-corrected chi connectivity index (χ2v) is 4.96. The Morgan fingerprint density at radius 2 is 2.17 bits per heavy atom. The van der Waals surface area contributed by atoms with E-state index in [0.717, 1.165) is 29.0 Å². The molecule has 5 heteroatoms. The zero-order valence-corrected chi connectivity index (χ0v) is 10.4. The van der Waals surface area contributed by atoms with Crippen molar-refractivity contribution in [3.63, 3.8) is 0 Å². The minimum Gasteiger partial charge on any atom is -0.399 e. The predicted molar refractivity (Wildman–Crippen MR) is 75.6 cm³/mol. The van der Waals surface area contributed by atoms with Gasteiger partial charge in [-0.1, -0.05) is 6.07 Å². The average Bonchev–Trinajstić information content (AvgIpc) is 2.89. The summed E-state index contributed by atoms with van der Waals surface area (Å²) in [6, 6.07) is 9.78. The fraction of sp³-hybridized carbons (Fsp3) is 0.0769. The first-order valence-corrected chi connectivity index (χ1v) is 6.47. The van der Waals surface area contributed by atoms with Crippen LogP contribution in [0.25, 0.3) is 10.9 Å². The molecule has 0 aliphatic heterocycles. The van der Waals surface area contributed by atoms with E-state index >= 15 is 0 Å². The van der Waals surface area contributed by atoms with E-state index in [-0.39, 0.29) is 0 Å². The molecule has 0 fully saturated rings. The van der Waals surface area contributed by atoms with Gasteiger partial charge >= 0.3 is 0 Å². The van der Waals surface area contributed by atoms with Crippen LogP contribution < -0.4 is 11.1 Å². The number of nitrogen functional groups attached to an aromatic ring is 1. The average molecular weight is 256 g/mol. The van der Waals surface area contributed by atoms with Gasteiger partial charge in [0.1, 0.15) is 12.1 Å². The molecule has 0 saturated carbocycles. The van der Waals surface area contributed by atoms with Gasteiger partial charge in [-0.3, -0.25) is 0 Å². The van der Waals surface area contributed by atoms with Crippen molar-refractivity contribution in [3.05, 3.63) is 46.9 Å². The summed E-state index contributed by atoms with van der Waals surface area (Å²) in [6.07, 6.45) is 1.56. The Kier molecular flexibility index (Phi) is 2.82. The standard InChI is InChI=1S/C13H12N4S/c14-9-3-4-12-11(6-9)13(17-8-16-12)15-7-10-2-1-5-18-10/h1-6,8H,7,14H2,(H,15,16,17). The van der Waals surface area contributed by atoms with E-state index in [1.807, 2.05) is 24.3 Å². The van der Waals surface area contributed by atoms with Gasteiger partial charge in [-0.2, -0.15) is 0 Å². The van der Waals surface area contributed by atoms with Crippen LogP contribution >= 0.6 is 11.3 Å². The van der Waals surface area contributed by atoms with Gasteiger partial charge < -0.3 is 11.1 Å². The third kappa shape index (κ3) is 2.12. The molecule has 0 radical (unpaired) electrons. The number of hydrogen-bond donors (Lipinski definition) is 2. The summed E-state index contributed by atoms with van der Waals surface area (Å²) < 4.78 is 0. The molecule has 0 amide bonds. The topological polar surface area (TPSA) is 63.8 Å². The zero-order chi connectivity index (χ0) is 12.4. The van der Waals surface area contributed by atoms with Crippen molar-refractivity contribution >= 4 is 33.7 Å². The van der Waals surface area contributed by atoms with E-state index < -0.39 is 0 Å². The number of nitrogens with zero attached hydrogens (tertiary/aromatic N) is 2. The van der Waals surface area contributed by atoms with Crippen molar-refractivity contribution in [2.75, 3.05) is 11.1 Å². The van der Waals surface area contributed by atoms with Crippen LogP contribution in [-0.4, -0.2) is 9.97 Å². The van der Waals surface area contributed by atoms with Crippen molar-refractivity contribution in [2.24, 2.45) is 0 Å². The lowest BCUT2D eigenvalue weighted by molar-refractivity contribution is 1.13. The van der Waals surface area contributed by atoms with Gasteiger partial charge in [0.15, 0.2) is 0 Å². The van der Waals surface area contributed by atoms with Crippen LogP contribution in [0.3, 0.4) is 0 Å². The molecule has 0 atom stereocenters. The molecule has 0 spiro atoms. The first-order chi connectivity index (χ1) is 8.83. The summed E-state index contributed by atoms with van der Waals surface area (Å²) >= 11 is 1.72. The smallest absolute Gasteiger partial charge is 0.137 e. The molecule has 4 nitrogen and oxygen atoms in total. The normalized spacial score (nSPS) is 10.7. The molecule has 2 aromatic heterocycles. The lowest BCUT2D eigenvalue weighted by atomic mass is 10.2. The number of nitrogens with one attached hydrogen (secondary N) is 1. The summed E-state index contributed by atoms with van der Waals surface area (Å²) in [5.74, 6) is 0.820. The summed E-state index contributed by atoms with van der Waals surface area (Å²) in [5.41, 5.74) is 7.42. The molecule has 3 N–H and O–H groups in total. The third-order valence-corrected chi connectivity index (χ3v) is 3.55. The quantitative estimate of drug-likeness (QED) is 0.707. The highest BCUT2D eigenvalue weighted by Crippen LogP contribution is 2.22. The summed E-state index contributed by atoms with van der Waals surface area (Å²) in [5, 5.41) is 6.34. The van der Waals surface area contributed by atoms with E-state index in [0.29, 0.717) is 0 Å². The van der Waals surface area contributed by atoms with Gasteiger partial charge in [0.2, 0.25) is 0 Å². The van der Waals surface area contributed by atoms with E-state index in [1.165, 1.54) is 4.88 Å². The lowest BCUT2D eigenvalue weighted by Gasteiger charge is -2.07. The first-order valence-electron chi connectivity index (χ1n) is 5.59. The Labute approximate surface area is 109 Å².